The van der Waals surface area contributed by atoms with E-state index >= 15 is 0 Å². The molecule has 0 saturated heterocycles. The predicted molar refractivity (Wildman–Crippen MR) is 88.0 cm³/mol. The van der Waals surface area contributed by atoms with Crippen molar-refractivity contribution >= 4 is 50.2 Å². The summed E-state index contributed by atoms with van der Waals surface area (Å²) in [6.07, 6.45) is 0. The Bertz CT molecular complexity index is 845. The van der Waals surface area contributed by atoms with Gasteiger partial charge in [-0.15, -0.1) is 11.6 Å². The number of aryl methyl sites for hydroxylation is 1. The molecule has 0 amide bonds. The fraction of sp³-hybridized carbons (Fsp3) is 0.133. The van der Waals surface area contributed by atoms with E-state index < -0.39 is 0 Å². The van der Waals surface area contributed by atoms with Crippen molar-refractivity contribution < 1.29 is 4.39 Å². The van der Waals surface area contributed by atoms with Crippen LogP contribution in [0.3, 0.4) is 0 Å². The van der Waals surface area contributed by atoms with Gasteiger partial charge < -0.3 is 0 Å². The van der Waals surface area contributed by atoms with Gasteiger partial charge in [-0.1, -0.05) is 17.7 Å². The Kier molecular flexibility index (Phi) is 3.95. The summed E-state index contributed by atoms with van der Waals surface area (Å²) in [5, 5.41) is 0.564. The van der Waals surface area contributed by atoms with Gasteiger partial charge in [0.05, 0.1) is 32.1 Å². The lowest BCUT2D eigenvalue weighted by atomic mass is 10.2. The summed E-state index contributed by atoms with van der Waals surface area (Å²) in [6, 6.07) is 8.73. The van der Waals surface area contributed by atoms with Crippen LogP contribution in [0.15, 0.2) is 34.8 Å². The summed E-state index contributed by atoms with van der Waals surface area (Å²) in [6.45, 7) is 1.97. The Morgan fingerprint density at radius 3 is 2.76 bits per heavy atom. The van der Waals surface area contributed by atoms with E-state index in [1.165, 1.54) is 6.07 Å². The monoisotopic (exact) mass is 386 g/mol. The second-order valence-electron chi connectivity index (χ2n) is 4.71. The Morgan fingerprint density at radius 2 is 2.05 bits per heavy atom. The molecule has 0 bridgehead atoms. The molecule has 0 aliphatic rings. The molecule has 0 radical (unpaired) electrons. The number of hydrogen-bond donors (Lipinski definition) is 0. The molecule has 6 heteroatoms. The Morgan fingerprint density at radius 1 is 1.29 bits per heavy atom. The van der Waals surface area contributed by atoms with Gasteiger partial charge in [0.25, 0.3) is 0 Å². The van der Waals surface area contributed by atoms with Gasteiger partial charge in [0.2, 0.25) is 0 Å². The van der Waals surface area contributed by atoms with E-state index in [0.29, 0.717) is 26.4 Å². The number of aromatic nitrogens is 2. The summed E-state index contributed by atoms with van der Waals surface area (Å²) >= 11 is 15.5. The first-order chi connectivity index (χ1) is 10.0. The highest BCUT2D eigenvalue weighted by Gasteiger charge is 2.16. The first-order valence-electron chi connectivity index (χ1n) is 6.20. The molecular weight excluding hydrogens is 378 g/mol. The van der Waals surface area contributed by atoms with E-state index in [4.69, 9.17) is 23.2 Å². The van der Waals surface area contributed by atoms with Crippen molar-refractivity contribution in [3.8, 4) is 5.69 Å². The van der Waals surface area contributed by atoms with Crippen LogP contribution in [0.4, 0.5) is 4.39 Å². The fourth-order valence-electron chi connectivity index (χ4n) is 2.28. The molecule has 0 N–H and O–H groups in total. The van der Waals surface area contributed by atoms with Crippen LogP contribution in [0.2, 0.25) is 5.02 Å². The average Bonchev–Trinajstić information content (AvgIpc) is 2.79. The Balaban J connectivity index is 2.40. The van der Waals surface area contributed by atoms with Gasteiger partial charge in [0.15, 0.2) is 0 Å². The quantitative estimate of drug-likeness (QED) is 0.521. The van der Waals surface area contributed by atoms with E-state index in [1.54, 1.807) is 10.6 Å². The number of nitrogens with zero attached hydrogens (tertiary/aromatic N) is 2. The van der Waals surface area contributed by atoms with Crippen molar-refractivity contribution in [2.75, 3.05) is 0 Å². The van der Waals surface area contributed by atoms with Crippen LogP contribution in [0.5, 0.6) is 0 Å². The molecule has 0 atom stereocenters. The number of hydrogen-bond acceptors (Lipinski definition) is 1. The Hall–Kier alpha value is -1.10. The minimum Gasteiger partial charge on any atom is -0.294 e. The molecule has 0 spiro atoms. The van der Waals surface area contributed by atoms with Crippen LogP contribution in [0.25, 0.3) is 16.7 Å². The number of rotatable bonds is 2. The lowest BCUT2D eigenvalue weighted by molar-refractivity contribution is 0.622. The van der Waals surface area contributed by atoms with Crippen LogP contribution < -0.4 is 0 Å². The third-order valence-corrected chi connectivity index (χ3v) is 4.39. The van der Waals surface area contributed by atoms with Crippen LogP contribution in [-0.2, 0) is 5.88 Å². The highest BCUT2D eigenvalue weighted by Crippen LogP contribution is 2.31. The minimum absolute atomic E-state index is 0.207. The van der Waals surface area contributed by atoms with Crippen LogP contribution in [-0.4, -0.2) is 9.55 Å². The third kappa shape index (κ3) is 2.56. The normalized spacial score (nSPS) is 11.3. The highest BCUT2D eigenvalue weighted by atomic mass is 79.9. The highest BCUT2D eigenvalue weighted by molar-refractivity contribution is 9.10. The fourth-order valence-corrected chi connectivity index (χ4v) is 2.99. The van der Waals surface area contributed by atoms with Crippen molar-refractivity contribution in [1.82, 2.24) is 9.55 Å². The molecule has 0 unspecified atom stereocenters. The zero-order chi connectivity index (χ0) is 15.1. The Labute approximate surface area is 139 Å². The van der Waals surface area contributed by atoms with E-state index in [2.05, 4.69) is 20.9 Å². The van der Waals surface area contributed by atoms with Gasteiger partial charge in [-0.2, -0.15) is 0 Å². The molecule has 3 aromatic rings. The van der Waals surface area contributed by atoms with E-state index in [-0.39, 0.29) is 11.7 Å². The summed E-state index contributed by atoms with van der Waals surface area (Å²) < 4.78 is 16.1. The molecule has 0 fully saturated rings. The van der Waals surface area contributed by atoms with Gasteiger partial charge in [-0.05, 0) is 46.6 Å². The molecular formula is C15H10BrCl2FN2. The molecule has 1 aromatic heterocycles. The number of imidazole rings is 1. The predicted octanol–water partition coefficient (Wildman–Crippen LogP) is 5.63. The average molecular weight is 388 g/mol. The van der Waals surface area contributed by atoms with E-state index in [1.807, 2.05) is 25.1 Å². The largest absolute Gasteiger partial charge is 0.294 e. The zero-order valence-corrected chi connectivity index (χ0v) is 14.1. The standard InChI is InChI=1S/C15H10BrCl2FN2/c1-8-2-3-10(18)13(4-8)21-14-6-11(19)9(16)5-12(14)20-15(21)7-17/h2-6H,7H2,1H3. The molecule has 0 saturated carbocycles. The molecule has 108 valence electrons. The van der Waals surface area contributed by atoms with E-state index in [0.717, 1.165) is 11.3 Å². The topological polar surface area (TPSA) is 17.8 Å². The van der Waals surface area contributed by atoms with Crippen molar-refractivity contribution in [2.45, 2.75) is 12.8 Å². The number of benzene rings is 2. The van der Waals surface area contributed by atoms with Crippen LogP contribution in [0.1, 0.15) is 11.4 Å². The maximum absolute atomic E-state index is 13.9. The lowest BCUT2D eigenvalue weighted by Crippen LogP contribution is -2.01. The second-order valence-corrected chi connectivity index (χ2v) is 6.24. The number of fused-ring (bicyclic) bond motifs is 1. The smallest absolute Gasteiger partial charge is 0.139 e. The molecule has 21 heavy (non-hydrogen) atoms. The summed E-state index contributed by atoms with van der Waals surface area (Å²) in [5.41, 5.74) is 3.10. The van der Waals surface area contributed by atoms with Gasteiger partial charge >= 0.3 is 0 Å². The van der Waals surface area contributed by atoms with Crippen molar-refractivity contribution in [3.05, 3.63) is 57.0 Å². The molecule has 1 heterocycles. The first kappa shape index (κ1) is 14.8. The zero-order valence-electron chi connectivity index (χ0n) is 11.0. The molecule has 3 rings (SSSR count). The van der Waals surface area contributed by atoms with Gasteiger partial charge in [0, 0.05) is 6.07 Å². The van der Waals surface area contributed by atoms with Gasteiger partial charge in [-0.25, -0.2) is 9.37 Å². The third-order valence-electron chi connectivity index (χ3n) is 3.23. The van der Waals surface area contributed by atoms with Crippen molar-refractivity contribution in [2.24, 2.45) is 0 Å². The van der Waals surface area contributed by atoms with Gasteiger partial charge in [0.1, 0.15) is 11.6 Å². The van der Waals surface area contributed by atoms with Crippen molar-refractivity contribution in [1.29, 1.82) is 0 Å². The lowest BCUT2D eigenvalue weighted by Gasteiger charge is -2.11. The van der Waals surface area contributed by atoms with Crippen LogP contribution >= 0.6 is 39.1 Å². The molecule has 0 aliphatic heterocycles. The summed E-state index contributed by atoms with van der Waals surface area (Å²) in [4.78, 5) is 4.46. The summed E-state index contributed by atoms with van der Waals surface area (Å²) in [7, 11) is 0. The van der Waals surface area contributed by atoms with Gasteiger partial charge in [-0.3, -0.25) is 4.57 Å². The number of halogens is 4. The van der Waals surface area contributed by atoms with Crippen molar-refractivity contribution in [3.63, 3.8) is 0 Å². The minimum atomic E-state index is -0.353. The van der Waals surface area contributed by atoms with E-state index in [9.17, 15) is 4.39 Å². The molecule has 0 aliphatic carbocycles. The molecule has 2 aromatic carbocycles. The van der Waals surface area contributed by atoms with Crippen LogP contribution in [0, 0.1) is 12.7 Å². The summed E-state index contributed by atoms with van der Waals surface area (Å²) in [5.74, 6) is 0.475. The first-order valence-corrected chi connectivity index (χ1v) is 7.90. The maximum Gasteiger partial charge on any atom is 0.139 e. The molecule has 2 nitrogen and oxygen atoms in total. The maximum atomic E-state index is 13.9. The SMILES string of the molecule is Cc1ccc(Cl)c(-n2c(CCl)nc3cc(Br)c(F)cc32)c1. The number of alkyl halides is 1. The second kappa shape index (κ2) is 5.59.